The van der Waals surface area contributed by atoms with Crippen molar-refractivity contribution in [2.75, 3.05) is 17.6 Å². The molecule has 7 nitrogen and oxygen atoms in total. The number of amides is 2. The fourth-order valence-electron chi connectivity index (χ4n) is 4.46. The molecule has 0 fully saturated rings. The van der Waals surface area contributed by atoms with Crippen LogP contribution in [0.2, 0.25) is 0 Å². The van der Waals surface area contributed by atoms with Gasteiger partial charge in [-0.3, -0.25) is 19.0 Å². The van der Waals surface area contributed by atoms with Crippen molar-refractivity contribution in [2.24, 2.45) is 0 Å². The summed E-state index contributed by atoms with van der Waals surface area (Å²) in [6.07, 6.45) is 0.630. The van der Waals surface area contributed by atoms with Crippen molar-refractivity contribution in [1.82, 2.24) is 14.5 Å². The summed E-state index contributed by atoms with van der Waals surface area (Å²) in [5.41, 5.74) is 5.66. The normalized spacial score (nSPS) is 13.0. The molecule has 0 radical (unpaired) electrons. The summed E-state index contributed by atoms with van der Waals surface area (Å²) >= 11 is 2.71. The lowest BCUT2D eigenvalue weighted by molar-refractivity contribution is -0.129. The van der Waals surface area contributed by atoms with Crippen molar-refractivity contribution < 1.29 is 9.59 Å². The molecule has 0 spiro atoms. The minimum atomic E-state index is -0.166. The zero-order valence-electron chi connectivity index (χ0n) is 21.3. The molecule has 1 N–H and O–H groups in total. The molecule has 2 aromatic carbocycles. The van der Waals surface area contributed by atoms with E-state index in [1.165, 1.54) is 23.1 Å². The standard InChI is InChI=1S/C28H28N4O3S2/c1-16-5-9-21(10-6-16)32-27(35)25-22-11-12-31(19(4)33)14-23(22)37-26(25)30-28(32)36-15-24(34)29-20-8-7-17(2)18(3)13-20/h5-10,13H,11-12,14-15H2,1-4H3,(H,29,34). The third kappa shape index (κ3) is 5.06. The molecule has 190 valence electrons. The molecule has 1 aliphatic heterocycles. The lowest BCUT2D eigenvalue weighted by Gasteiger charge is -2.25. The summed E-state index contributed by atoms with van der Waals surface area (Å²) in [5, 5.41) is 4.03. The lowest BCUT2D eigenvalue weighted by Crippen LogP contribution is -2.34. The Bertz CT molecular complexity index is 1590. The molecule has 1 aliphatic rings. The number of fused-ring (bicyclic) bond motifs is 3. The van der Waals surface area contributed by atoms with Crippen molar-refractivity contribution in [3.8, 4) is 5.69 Å². The van der Waals surface area contributed by atoms with E-state index in [1.807, 2.05) is 63.2 Å². The van der Waals surface area contributed by atoms with Gasteiger partial charge in [0, 0.05) is 24.0 Å². The molecule has 9 heteroatoms. The van der Waals surface area contributed by atoms with Gasteiger partial charge in [0.25, 0.3) is 5.56 Å². The highest BCUT2D eigenvalue weighted by Gasteiger charge is 2.26. The quantitative estimate of drug-likeness (QED) is 0.289. The summed E-state index contributed by atoms with van der Waals surface area (Å²) in [5.74, 6) is -0.0280. The average Bonchev–Trinajstić information content (AvgIpc) is 3.23. The molecule has 0 bridgehead atoms. The van der Waals surface area contributed by atoms with Crippen LogP contribution in [-0.4, -0.2) is 38.6 Å². The number of rotatable bonds is 5. The number of anilines is 1. The fourth-order valence-corrected chi connectivity index (χ4v) is 6.55. The first-order valence-corrected chi connectivity index (χ1v) is 13.9. The van der Waals surface area contributed by atoms with Gasteiger partial charge < -0.3 is 10.2 Å². The predicted octanol–water partition coefficient (Wildman–Crippen LogP) is 5.01. The third-order valence-electron chi connectivity index (χ3n) is 6.70. The Morgan fingerprint density at radius 3 is 2.54 bits per heavy atom. The molecular weight excluding hydrogens is 504 g/mol. The number of aryl methyl sites for hydroxylation is 3. The minimum absolute atomic E-state index is 0.0270. The Hall–Kier alpha value is -3.43. The fraction of sp³-hybridized carbons (Fsp3) is 0.286. The van der Waals surface area contributed by atoms with E-state index in [9.17, 15) is 14.4 Å². The van der Waals surface area contributed by atoms with Crippen LogP contribution in [0.4, 0.5) is 5.69 Å². The first-order valence-electron chi connectivity index (χ1n) is 12.1. The van der Waals surface area contributed by atoms with Crippen LogP contribution in [0, 0.1) is 20.8 Å². The summed E-state index contributed by atoms with van der Waals surface area (Å²) < 4.78 is 1.61. The van der Waals surface area contributed by atoms with Crippen LogP contribution in [0.3, 0.4) is 0 Å². The van der Waals surface area contributed by atoms with Gasteiger partial charge >= 0.3 is 0 Å². The van der Waals surface area contributed by atoms with Crippen LogP contribution < -0.4 is 10.9 Å². The van der Waals surface area contributed by atoms with E-state index in [0.29, 0.717) is 40.6 Å². The van der Waals surface area contributed by atoms with Crippen LogP contribution in [0.25, 0.3) is 15.9 Å². The molecule has 5 rings (SSSR count). The van der Waals surface area contributed by atoms with E-state index >= 15 is 0 Å². The number of nitrogens with one attached hydrogen (secondary N) is 1. The summed E-state index contributed by atoms with van der Waals surface area (Å²) in [6, 6.07) is 13.5. The van der Waals surface area contributed by atoms with Gasteiger partial charge in [0.1, 0.15) is 4.83 Å². The van der Waals surface area contributed by atoms with Crippen molar-refractivity contribution in [3.05, 3.63) is 79.9 Å². The second-order valence-corrected chi connectivity index (χ2v) is 11.4. The smallest absolute Gasteiger partial charge is 0.267 e. The first kappa shape index (κ1) is 25.2. The van der Waals surface area contributed by atoms with Crippen LogP contribution >= 0.6 is 23.1 Å². The summed E-state index contributed by atoms with van der Waals surface area (Å²) in [6.45, 7) is 8.69. The number of aromatic nitrogens is 2. The van der Waals surface area contributed by atoms with Gasteiger partial charge in [-0.05, 0) is 68.1 Å². The Morgan fingerprint density at radius 1 is 1.08 bits per heavy atom. The Labute approximate surface area is 223 Å². The van der Waals surface area contributed by atoms with Crippen molar-refractivity contribution >= 4 is 50.8 Å². The second-order valence-electron chi connectivity index (χ2n) is 9.38. The number of thiophene rings is 1. The van der Waals surface area contributed by atoms with E-state index in [4.69, 9.17) is 4.98 Å². The van der Waals surface area contributed by atoms with Crippen molar-refractivity contribution in [2.45, 2.75) is 45.8 Å². The van der Waals surface area contributed by atoms with Gasteiger partial charge in [0.15, 0.2) is 5.16 Å². The average molecular weight is 533 g/mol. The second kappa shape index (κ2) is 10.1. The Kier molecular flexibility index (Phi) is 6.92. The van der Waals surface area contributed by atoms with Gasteiger partial charge in [-0.2, -0.15) is 0 Å². The lowest BCUT2D eigenvalue weighted by atomic mass is 10.1. The van der Waals surface area contributed by atoms with Crippen molar-refractivity contribution in [3.63, 3.8) is 0 Å². The van der Waals surface area contributed by atoms with Gasteiger partial charge in [-0.25, -0.2) is 4.98 Å². The Morgan fingerprint density at radius 2 is 1.84 bits per heavy atom. The molecule has 3 heterocycles. The monoisotopic (exact) mass is 532 g/mol. The number of hydrogen-bond donors (Lipinski definition) is 1. The molecule has 2 aromatic heterocycles. The SMILES string of the molecule is CC(=O)N1CCc2c(sc3nc(SCC(=O)Nc4ccc(C)c(C)c4)n(-c4ccc(C)cc4)c(=O)c23)C1. The minimum Gasteiger partial charge on any atom is -0.337 e. The summed E-state index contributed by atoms with van der Waals surface area (Å²) in [7, 11) is 0. The topological polar surface area (TPSA) is 84.3 Å². The maximum Gasteiger partial charge on any atom is 0.267 e. The largest absolute Gasteiger partial charge is 0.337 e. The molecule has 2 amide bonds. The van der Waals surface area contributed by atoms with Crippen LogP contribution in [-0.2, 0) is 22.6 Å². The van der Waals surface area contributed by atoms with Crippen LogP contribution in [0.1, 0.15) is 34.1 Å². The predicted molar refractivity (Wildman–Crippen MR) is 150 cm³/mol. The molecule has 4 aromatic rings. The van der Waals surface area contributed by atoms with Gasteiger partial charge in [0.2, 0.25) is 11.8 Å². The molecule has 0 saturated carbocycles. The van der Waals surface area contributed by atoms with E-state index in [0.717, 1.165) is 32.8 Å². The highest BCUT2D eigenvalue weighted by Crippen LogP contribution is 2.34. The molecule has 0 aliphatic carbocycles. The van der Waals surface area contributed by atoms with E-state index in [-0.39, 0.29) is 23.1 Å². The Balaban J connectivity index is 1.51. The summed E-state index contributed by atoms with van der Waals surface area (Å²) in [4.78, 5) is 47.0. The van der Waals surface area contributed by atoms with Gasteiger partial charge in [-0.15, -0.1) is 11.3 Å². The number of nitrogens with zero attached hydrogens (tertiary/aromatic N) is 3. The highest BCUT2D eigenvalue weighted by molar-refractivity contribution is 7.99. The number of carbonyl (C=O) groups excluding carboxylic acids is 2. The van der Waals surface area contributed by atoms with Gasteiger partial charge in [0.05, 0.1) is 23.4 Å². The zero-order valence-corrected chi connectivity index (χ0v) is 22.9. The maximum atomic E-state index is 13.9. The molecular formula is C28H28N4O3S2. The van der Waals surface area contributed by atoms with E-state index in [1.54, 1.807) is 16.4 Å². The molecule has 0 saturated heterocycles. The van der Waals surface area contributed by atoms with E-state index in [2.05, 4.69) is 5.32 Å². The van der Waals surface area contributed by atoms with Crippen LogP contribution in [0.15, 0.2) is 52.4 Å². The first-order chi connectivity index (χ1) is 17.7. The van der Waals surface area contributed by atoms with E-state index < -0.39 is 0 Å². The van der Waals surface area contributed by atoms with Crippen LogP contribution in [0.5, 0.6) is 0 Å². The number of benzene rings is 2. The number of carbonyl (C=O) groups is 2. The molecule has 0 unspecified atom stereocenters. The van der Waals surface area contributed by atoms with Gasteiger partial charge in [-0.1, -0.05) is 35.5 Å². The van der Waals surface area contributed by atoms with Crippen molar-refractivity contribution in [1.29, 1.82) is 0 Å². The maximum absolute atomic E-state index is 13.9. The molecule has 37 heavy (non-hydrogen) atoms. The number of thioether (sulfide) groups is 1. The molecule has 0 atom stereocenters. The zero-order chi connectivity index (χ0) is 26.3. The third-order valence-corrected chi connectivity index (χ3v) is 8.75. The highest BCUT2D eigenvalue weighted by atomic mass is 32.2. The number of hydrogen-bond acceptors (Lipinski definition) is 6.